The molecule has 1 aromatic rings. The Balaban J connectivity index is 1.89. The third-order valence-corrected chi connectivity index (χ3v) is 3.50. The van der Waals surface area contributed by atoms with Crippen LogP contribution in [0, 0.1) is 17.2 Å². The maximum atomic E-state index is 10.4. The number of anilines is 1. The summed E-state index contributed by atoms with van der Waals surface area (Å²) in [6.45, 7) is 2.34. The van der Waals surface area contributed by atoms with Crippen LogP contribution in [-0.2, 0) is 0 Å². The van der Waals surface area contributed by atoms with Gasteiger partial charge >= 0.3 is 6.09 Å². The van der Waals surface area contributed by atoms with Crippen molar-refractivity contribution >= 4 is 11.8 Å². The normalized spacial score (nSPS) is 15.8. The van der Waals surface area contributed by atoms with E-state index in [0.717, 1.165) is 31.6 Å². The topological polar surface area (TPSA) is 76.4 Å². The van der Waals surface area contributed by atoms with Crippen molar-refractivity contribution in [3.63, 3.8) is 0 Å². The average Bonchev–Trinajstić information content (AvgIpc) is 2.45. The van der Waals surface area contributed by atoms with Gasteiger partial charge in [0, 0.05) is 25.3 Å². The van der Waals surface area contributed by atoms with E-state index in [9.17, 15) is 4.79 Å². The van der Waals surface area contributed by atoms with E-state index < -0.39 is 6.09 Å². The number of nitrogens with one attached hydrogen (secondary N) is 1. The molecule has 0 aliphatic carbocycles. The van der Waals surface area contributed by atoms with Gasteiger partial charge in [-0.05, 0) is 37.0 Å². The second-order valence-electron chi connectivity index (χ2n) is 4.78. The molecule has 0 aromatic heterocycles. The molecule has 5 heteroatoms. The number of amides is 1. The highest BCUT2D eigenvalue weighted by molar-refractivity contribution is 5.64. The van der Waals surface area contributed by atoms with Gasteiger partial charge in [0.05, 0.1) is 11.6 Å². The maximum absolute atomic E-state index is 10.4. The lowest BCUT2D eigenvalue weighted by Crippen LogP contribution is -2.38. The second-order valence-corrected chi connectivity index (χ2v) is 4.78. The summed E-state index contributed by atoms with van der Waals surface area (Å²) in [7, 11) is 0. The SMILES string of the molecule is N#Cc1cccc(N2CCC(CNC(=O)O)CC2)c1. The summed E-state index contributed by atoms with van der Waals surface area (Å²) in [5, 5.41) is 19.9. The minimum Gasteiger partial charge on any atom is -0.465 e. The lowest BCUT2D eigenvalue weighted by molar-refractivity contribution is 0.191. The molecule has 2 rings (SSSR count). The Morgan fingerprint density at radius 2 is 2.21 bits per heavy atom. The van der Waals surface area contributed by atoms with Crippen LogP contribution in [0.15, 0.2) is 24.3 Å². The van der Waals surface area contributed by atoms with Crippen LogP contribution in [0.4, 0.5) is 10.5 Å². The van der Waals surface area contributed by atoms with Crippen molar-refractivity contribution in [2.24, 2.45) is 5.92 Å². The molecule has 1 aromatic carbocycles. The predicted molar refractivity (Wildman–Crippen MR) is 72.1 cm³/mol. The van der Waals surface area contributed by atoms with Crippen molar-refractivity contribution in [1.82, 2.24) is 5.32 Å². The van der Waals surface area contributed by atoms with Crippen molar-refractivity contribution < 1.29 is 9.90 Å². The Morgan fingerprint density at radius 3 is 2.84 bits per heavy atom. The number of hydrogen-bond acceptors (Lipinski definition) is 3. The first-order valence-corrected chi connectivity index (χ1v) is 6.41. The first-order chi connectivity index (χ1) is 9.19. The molecule has 1 aliphatic rings. The molecular weight excluding hydrogens is 242 g/mol. The molecule has 0 radical (unpaired) electrons. The summed E-state index contributed by atoms with van der Waals surface area (Å²) in [5.41, 5.74) is 1.75. The number of piperidine rings is 1. The van der Waals surface area contributed by atoms with Crippen LogP contribution in [0.25, 0.3) is 0 Å². The highest BCUT2D eigenvalue weighted by Crippen LogP contribution is 2.23. The molecule has 5 nitrogen and oxygen atoms in total. The van der Waals surface area contributed by atoms with Gasteiger partial charge in [-0.3, -0.25) is 0 Å². The third-order valence-electron chi connectivity index (χ3n) is 3.50. The fourth-order valence-corrected chi connectivity index (χ4v) is 2.40. The Bertz CT molecular complexity index is 488. The molecule has 1 heterocycles. The maximum Gasteiger partial charge on any atom is 0.404 e. The average molecular weight is 259 g/mol. The van der Waals surface area contributed by atoms with Crippen LogP contribution in [-0.4, -0.2) is 30.8 Å². The third kappa shape index (κ3) is 3.62. The quantitative estimate of drug-likeness (QED) is 0.871. The van der Waals surface area contributed by atoms with Gasteiger partial charge < -0.3 is 15.3 Å². The first kappa shape index (κ1) is 13.2. The monoisotopic (exact) mass is 259 g/mol. The van der Waals surface area contributed by atoms with Gasteiger partial charge in [-0.2, -0.15) is 5.26 Å². The lowest BCUT2D eigenvalue weighted by Gasteiger charge is -2.33. The van der Waals surface area contributed by atoms with Crippen LogP contribution in [0.1, 0.15) is 18.4 Å². The van der Waals surface area contributed by atoms with E-state index in [1.54, 1.807) is 6.07 Å². The molecule has 0 atom stereocenters. The van der Waals surface area contributed by atoms with E-state index in [1.165, 1.54) is 0 Å². The van der Waals surface area contributed by atoms with Crippen molar-refractivity contribution in [2.45, 2.75) is 12.8 Å². The fourth-order valence-electron chi connectivity index (χ4n) is 2.40. The molecule has 19 heavy (non-hydrogen) atoms. The predicted octanol–water partition coefficient (Wildman–Crippen LogP) is 2.04. The highest BCUT2D eigenvalue weighted by Gasteiger charge is 2.19. The smallest absolute Gasteiger partial charge is 0.404 e. The van der Waals surface area contributed by atoms with Crippen molar-refractivity contribution in [3.05, 3.63) is 29.8 Å². The zero-order valence-electron chi connectivity index (χ0n) is 10.7. The van der Waals surface area contributed by atoms with Gasteiger partial charge in [-0.1, -0.05) is 6.07 Å². The van der Waals surface area contributed by atoms with Gasteiger partial charge in [-0.25, -0.2) is 4.79 Å². The molecule has 100 valence electrons. The summed E-state index contributed by atoms with van der Waals surface area (Å²) in [6.07, 6.45) is 0.984. The number of nitrogens with zero attached hydrogens (tertiary/aromatic N) is 2. The number of nitriles is 1. The van der Waals surface area contributed by atoms with Gasteiger partial charge in [0.25, 0.3) is 0 Å². The Labute approximate surface area is 112 Å². The van der Waals surface area contributed by atoms with E-state index >= 15 is 0 Å². The molecule has 1 fully saturated rings. The minimum absolute atomic E-state index is 0.409. The molecular formula is C14H17N3O2. The number of benzene rings is 1. The fraction of sp³-hybridized carbons (Fsp3) is 0.429. The summed E-state index contributed by atoms with van der Waals surface area (Å²) in [4.78, 5) is 12.7. The van der Waals surface area contributed by atoms with Gasteiger partial charge in [0.1, 0.15) is 0 Å². The summed E-state index contributed by atoms with van der Waals surface area (Å²) in [5.74, 6) is 0.409. The van der Waals surface area contributed by atoms with Crippen molar-refractivity contribution in [3.8, 4) is 6.07 Å². The number of rotatable bonds is 3. The van der Waals surface area contributed by atoms with Gasteiger partial charge in [0.15, 0.2) is 0 Å². The van der Waals surface area contributed by atoms with Crippen LogP contribution in [0.2, 0.25) is 0 Å². The van der Waals surface area contributed by atoms with Crippen LogP contribution >= 0.6 is 0 Å². The van der Waals surface area contributed by atoms with Gasteiger partial charge in [-0.15, -0.1) is 0 Å². The summed E-state index contributed by atoms with van der Waals surface area (Å²) >= 11 is 0. The van der Waals surface area contributed by atoms with E-state index in [1.807, 2.05) is 18.2 Å². The van der Waals surface area contributed by atoms with E-state index in [4.69, 9.17) is 10.4 Å². The molecule has 1 amide bonds. The van der Waals surface area contributed by atoms with Gasteiger partial charge in [0.2, 0.25) is 0 Å². The van der Waals surface area contributed by atoms with Crippen LogP contribution in [0.3, 0.4) is 0 Å². The highest BCUT2D eigenvalue weighted by atomic mass is 16.4. The molecule has 0 unspecified atom stereocenters. The van der Waals surface area contributed by atoms with Crippen LogP contribution in [0.5, 0.6) is 0 Å². The van der Waals surface area contributed by atoms with E-state index in [2.05, 4.69) is 16.3 Å². The Morgan fingerprint density at radius 1 is 1.47 bits per heavy atom. The summed E-state index contributed by atoms with van der Waals surface area (Å²) < 4.78 is 0. The Hall–Kier alpha value is -2.22. The standard InChI is InChI=1S/C14H17N3O2/c15-9-12-2-1-3-13(8-12)17-6-4-11(5-7-17)10-16-14(18)19/h1-3,8,11,16H,4-7,10H2,(H,18,19). The first-order valence-electron chi connectivity index (χ1n) is 6.41. The number of carbonyl (C=O) groups is 1. The lowest BCUT2D eigenvalue weighted by atomic mass is 9.96. The molecule has 2 N–H and O–H groups in total. The van der Waals surface area contributed by atoms with E-state index in [-0.39, 0.29) is 0 Å². The largest absolute Gasteiger partial charge is 0.465 e. The van der Waals surface area contributed by atoms with Crippen molar-refractivity contribution in [2.75, 3.05) is 24.5 Å². The Kier molecular flexibility index (Phi) is 4.24. The zero-order valence-corrected chi connectivity index (χ0v) is 10.7. The molecule has 0 bridgehead atoms. The second kappa shape index (κ2) is 6.10. The van der Waals surface area contributed by atoms with Crippen LogP contribution < -0.4 is 10.2 Å². The number of hydrogen-bond donors (Lipinski definition) is 2. The van der Waals surface area contributed by atoms with Crippen molar-refractivity contribution in [1.29, 1.82) is 5.26 Å². The van der Waals surface area contributed by atoms with E-state index in [0.29, 0.717) is 18.0 Å². The molecule has 0 spiro atoms. The minimum atomic E-state index is -0.954. The summed E-state index contributed by atoms with van der Waals surface area (Å²) in [6, 6.07) is 9.75. The zero-order chi connectivity index (χ0) is 13.7. The molecule has 1 aliphatic heterocycles. The molecule has 0 saturated carbocycles. The number of carboxylic acid groups (broad SMARTS) is 1. The molecule has 1 saturated heterocycles.